The fourth-order valence-electron chi connectivity index (χ4n) is 8.76. The Kier molecular flexibility index (Phi) is 17.3. The first-order valence-electron chi connectivity index (χ1n) is 22.2. The highest BCUT2D eigenvalue weighted by Crippen LogP contribution is 2.36. The van der Waals surface area contributed by atoms with Crippen LogP contribution in [0.1, 0.15) is 100 Å². The van der Waals surface area contributed by atoms with E-state index in [2.05, 4.69) is 58.5 Å². The van der Waals surface area contributed by atoms with Gasteiger partial charge in [0.15, 0.2) is 0 Å². The van der Waals surface area contributed by atoms with Crippen LogP contribution in [0.5, 0.6) is 0 Å². The monoisotopic (exact) mass is 828 g/mol. The lowest BCUT2D eigenvalue weighted by molar-refractivity contribution is -0.129. The first-order chi connectivity index (χ1) is 28.9. The summed E-state index contributed by atoms with van der Waals surface area (Å²) in [7, 11) is 0. The molecule has 0 radical (unpaired) electrons. The Balaban J connectivity index is 1.01. The van der Waals surface area contributed by atoms with Crippen molar-refractivity contribution in [3.05, 3.63) is 70.4 Å². The molecule has 3 amide bonds. The predicted molar refractivity (Wildman–Crippen MR) is 239 cm³/mol. The van der Waals surface area contributed by atoms with Crippen LogP contribution in [0, 0.1) is 5.92 Å². The Labute approximate surface area is 356 Å². The molecule has 59 heavy (non-hydrogen) atoms. The van der Waals surface area contributed by atoms with Crippen molar-refractivity contribution in [2.45, 2.75) is 96.9 Å². The van der Waals surface area contributed by atoms with E-state index in [-0.39, 0.29) is 36.2 Å². The van der Waals surface area contributed by atoms with E-state index in [1.807, 2.05) is 24.3 Å². The maximum absolute atomic E-state index is 14.0. The van der Waals surface area contributed by atoms with Gasteiger partial charge in [-0.2, -0.15) is 0 Å². The second-order valence-electron chi connectivity index (χ2n) is 16.1. The topological polar surface area (TPSA) is 116 Å². The fourth-order valence-corrected chi connectivity index (χ4v) is 8.94. The lowest BCUT2D eigenvalue weighted by atomic mass is 9.85. The summed E-state index contributed by atoms with van der Waals surface area (Å²) in [5.74, 6) is 0.579. The summed E-state index contributed by atoms with van der Waals surface area (Å²) in [6.07, 6.45) is 17.3. The van der Waals surface area contributed by atoms with E-state index < -0.39 is 0 Å². The maximum atomic E-state index is 14.0. The summed E-state index contributed by atoms with van der Waals surface area (Å²) in [6, 6.07) is 12.6. The van der Waals surface area contributed by atoms with Gasteiger partial charge in [0.1, 0.15) is 18.1 Å². The molecule has 4 aliphatic rings. The lowest BCUT2D eigenvalue weighted by Gasteiger charge is -2.37. The van der Waals surface area contributed by atoms with Gasteiger partial charge in [0.2, 0.25) is 11.8 Å². The van der Waals surface area contributed by atoms with E-state index in [4.69, 9.17) is 26.1 Å². The van der Waals surface area contributed by atoms with Crippen LogP contribution in [0.2, 0.25) is 0 Å². The summed E-state index contributed by atoms with van der Waals surface area (Å²) >= 11 is 5.71. The molecule has 0 spiro atoms. The average molecular weight is 830 g/mol. The molecule has 2 aromatic carbocycles. The number of ether oxygens (including phenoxy) is 2. The van der Waals surface area contributed by atoms with Crippen LogP contribution in [0.3, 0.4) is 0 Å². The van der Waals surface area contributed by atoms with E-state index in [1.165, 1.54) is 21.7 Å². The summed E-state index contributed by atoms with van der Waals surface area (Å²) in [5, 5.41) is 6.16. The summed E-state index contributed by atoms with van der Waals surface area (Å²) in [5.41, 5.74) is 7.59. The number of benzene rings is 2. The SMILES string of the molecule is CCN(CC)c1ccc(/C=C2N=C(/C=C/c3cc4c5c(c3)CCCN5CCC4)N(CC(=O)NC3CCC(C(=O)NCCOCCOCCCCCCCl)CC3)C\2=O)cc1. The molecule has 0 saturated heterocycles. The zero-order valence-corrected chi connectivity index (χ0v) is 36.1. The molecule has 320 valence electrons. The molecule has 1 fully saturated rings. The zero-order valence-electron chi connectivity index (χ0n) is 35.3. The number of aliphatic imine (C=N–C) groups is 1. The first kappa shape index (κ1) is 44.4. The number of unbranched alkanes of at least 4 members (excludes halogenated alkanes) is 3. The van der Waals surface area contributed by atoms with Crippen LogP contribution < -0.4 is 20.4 Å². The summed E-state index contributed by atoms with van der Waals surface area (Å²) in [6.45, 7) is 10.9. The largest absolute Gasteiger partial charge is 0.379 e. The van der Waals surface area contributed by atoms with Crippen LogP contribution in [0.15, 0.2) is 53.2 Å². The molecule has 0 unspecified atom stereocenters. The number of hydrogen-bond acceptors (Lipinski definition) is 8. The average Bonchev–Trinajstić information content (AvgIpc) is 3.53. The number of carbonyl (C=O) groups is 3. The molecule has 0 atom stereocenters. The number of nitrogens with one attached hydrogen (secondary N) is 2. The Morgan fingerprint density at radius 2 is 1.54 bits per heavy atom. The van der Waals surface area contributed by atoms with Gasteiger partial charge in [-0.05, 0) is 137 Å². The van der Waals surface area contributed by atoms with Crippen molar-refractivity contribution in [2.24, 2.45) is 10.9 Å². The van der Waals surface area contributed by atoms with E-state index in [0.717, 1.165) is 101 Å². The van der Waals surface area contributed by atoms with Crippen molar-refractivity contribution in [1.82, 2.24) is 15.5 Å². The second-order valence-corrected chi connectivity index (χ2v) is 16.5. The molecule has 1 saturated carbocycles. The van der Waals surface area contributed by atoms with Crippen molar-refractivity contribution in [2.75, 3.05) is 81.4 Å². The molecule has 1 aliphatic carbocycles. The normalized spacial score (nSPS) is 19.6. The third-order valence-corrected chi connectivity index (χ3v) is 12.2. The Hall–Kier alpha value is -4.19. The number of nitrogens with zero attached hydrogens (tertiary/aromatic N) is 4. The van der Waals surface area contributed by atoms with Crippen LogP contribution in [-0.4, -0.2) is 106 Å². The third kappa shape index (κ3) is 12.7. The van der Waals surface area contributed by atoms with E-state index in [1.54, 1.807) is 6.08 Å². The van der Waals surface area contributed by atoms with Gasteiger partial charge in [-0.1, -0.05) is 31.1 Å². The minimum Gasteiger partial charge on any atom is -0.379 e. The highest BCUT2D eigenvalue weighted by Gasteiger charge is 2.33. The van der Waals surface area contributed by atoms with Gasteiger partial charge in [0.05, 0.1) is 19.8 Å². The quantitative estimate of drug-likeness (QED) is 0.0737. The maximum Gasteiger partial charge on any atom is 0.278 e. The van der Waals surface area contributed by atoms with Gasteiger partial charge in [-0.25, -0.2) is 4.99 Å². The van der Waals surface area contributed by atoms with Gasteiger partial charge in [0.25, 0.3) is 5.91 Å². The molecule has 3 aliphatic heterocycles. The number of anilines is 2. The minimum atomic E-state index is -0.297. The van der Waals surface area contributed by atoms with E-state index >= 15 is 0 Å². The van der Waals surface area contributed by atoms with Crippen LogP contribution in [0.4, 0.5) is 11.4 Å². The van der Waals surface area contributed by atoms with Crippen molar-refractivity contribution in [1.29, 1.82) is 0 Å². The smallest absolute Gasteiger partial charge is 0.278 e. The molecule has 6 rings (SSSR count). The number of carbonyl (C=O) groups excluding carboxylic acids is 3. The third-order valence-electron chi connectivity index (χ3n) is 11.9. The van der Waals surface area contributed by atoms with Crippen LogP contribution >= 0.6 is 11.6 Å². The molecule has 0 aromatic heterocycles. The fraction of sp³-hybridized carbons (Fsp3) is 0.574. The zero-order chi connectivity index (χ0) is 41.4. The number of amides is 3. The molecule has 11 nitrogen and oxygen atoms in total. The summed E-state index contributed by atoms with van der Waals surface area (Å²) < 4.78 is 11.2. The van der Waals surface area contributed by atoms with E-state index in [9.17, 15) is 14.4 Å². The molecule has 3 heterocycles. The number of alkyl halides is 1. The van der Waals surface area contributed by atoms with Crippen molar-refractivity contribution in [3.63, 3.8) is 0 Å². The lowest BCUT2D eigenvalue weighted by Crippen LogP contribution is -2.46. The summed E-state index contributed by atoms with van der Waals surface area (Å²) in [4.78, 5) is 51.5. The van der Waals surface area contributed by atoms with Crippen molar-refractivity contribution in [3.8, 4) is 0 Å². The first-order valence-corrected chi connectivity index (χ1v) is 22.7. The standard InChI is InChI=1S/C47H65ClN6O5/c1-3-52(4-2)41-20-13-35(14-21-41)33-42-47(57)54(43(51-42)22-15-36-31-38-11-9-25-53-26-10-12-39(32-36)45(38)53)34-44(55)50-40-18-16-37(17-19-40)46(56)49-24-28-59-30-29-58-27-8-6-5-7-23-48/h13-15,20-22,31-33,37,40H,3-12,16-19,23-30,34H2,1-2H3,(H,49,56)(H,50,55)/b22-15+,42-33-. The molecule has 2 aromatic rings. The number of halogens is 1. The Morgan fingerprint density at radius 3 is 2.22 bits per heavy atom. The highest BCUT2D eigenvalue weighted by molar-refractivity contribution is 6.19. The molecular weight excluding hydrogens is 764 g/mol. The van der Waals surface area contributed by atoms with Gasteiger partial charge in [-0.3, -0.25) is 19.3 Å². The number of aryl methyl sites for hydroxylation is 2. The number of hydrogen-bond donors (Lipinski definition) is 2. The Morgan fingerprint density at radius 1 is 0.864 bits per heavy atom. The van der Waals surface area contributed by atoms with Gasteiger partial charge < -0.3 is 29.9 Å². The van der Waals surface area contributed by atoms with Crippen LogP contribution in [0.25, 0.3) is 12.2 Å². The van der Waals surface area contributed by atoms with Crippen molar-refractivity contribution >= 4 is 58.7 Å². The molecule has 0 bridgehead atoms. The number of amidine groups is 1. The molecule has 12 heteroatoms. The minimum absolute atomic E-state index is 0.0319. The predicted octanol–water partition coefficient (Wildman–Crippen LogP) is 7.15. The van der Waals surface area contributed by atoms with E-state index in [0.29, 0.717) is 69.5 Å². The molecular formula is C47H65ClN6O5. The van der Waals surface area contributed by atoms with Gasteiger partial charge >= 0.3 is 0 Å². The van der Waals surface area contributed by atoms with Gasteiger partial charge in [0, 0.05) is 68.5 Å². The van der Waals surface area contributed by atoms with Crippen LogP contribution in [-0.2, 0) is 36.7 Å². The Bertz CT molecular complexity index is 1770. The molecule has 2 N–H and O–H groups in total. The second kappa shape index (κ2) is 23.0. The van der Waals surface area contributed by atoms with Gasteiger partial charge in [-0.15, -0.1) is 11.6 Å². The highest BCUT2D eigenvalue weighted by atomic mass is 35.5. The van der Waals surface area contributed by atoms with Crippen molar-refractivity contribution < 1.29 is 23.9 Å². The number of rotatable bonds is 22.